The van der Waals surface area contributed by atoms with Gasteiger partial charge < -0.3 is 47.2 Å². The number of fused-ring (bicyclic) bond motifs is 6. The van der Waals surface area contributed by atoms with Crippen LogP contribution >= 0.6 is 0 Å². The standard InChI is InChI=1S/C74H78N4O12/c1-11-77-60-31-28-51(70(75-89-49(8)79)55-23-17-21-46(5)48(55)7)42-56(60)57-43-52(29-32-61(57)77)71(81)68-64(85-13-3)24-18-26-66(68)87-40-38-83-36-37-84-39-41-88-67-27-19-25-65(86-14-4)69(67)72(82)53-30-33-62-58(44-53)59-45-74(10,35-34-63(59)78(62)12-2)73(76-90-50(9)80)54-22-16-15-20-47(54)6/h15-35,42-44,46,48H,11-14,36-41,45H2,1-10H3/b75-70-,76-73+. The van der Waals surface area contributed by atoms with Gasteiger partial charge in [-0.1, -0.05) is 90.9 Å². The lowest BCUT2D eigenvalue weighted by molar-refractivity contribution is -0.141. The number of carbonyl (C=O) groups excluding carboxylic acids is 4. The van der Waals surface area contributed by atoms with Crippen molar-refractivity contribution >= 4 is 73.7 Å². The third-order valence-electron chi connectivity index (χ3n) is 16.7. The van der Waals surface area contributed by atoms with Crippen molar-refractivity contribution < 1.29 is 57.3 Å². The number of oxime groups is 2. The monoisotopic (exact) mass is 1210 g/mol. The first-order valence-corrected chi connectivity index (χ1v) is 31.0. The van der Waals surface area contributed by atoms with Crippen molar-refractivity contribution in [3.05, 3.63) is 195 Å². The summed E-state index contributed by atoms with van der Waals surface area (Å²) in [7, 11) is 0. The quantitative estimate of drug-likeness (QED) is 0.0157. The first-order chi connectivity index (χ1) is 43.6. The number of benzene rings is 6. The number of allylic oxidation sites excluding steroid dienone is 5. The molecule has 3 atom stereocenters. The van der Waals surface area contributed by atoms with Crippen LogP contribution in [0.15, 0.2) is 155 Å². The van der Waals surface area contributed by atoms with Gasteiger partial charge in [-0.25, -0.2) is 9.59 Å². The van der Waals surface area contributed by atoms with Crippen LogP contribution in [0, 0.1) is 24.2 Å². The zero-order chi connectivity index (χ0) is 63.6. The number of rotatable bonds is 27. The van der Waals surface area contributed by atoms with Gasteiger partial charge in [0.1, 0.15) is 53.1 Å². The number of hydrogen-bond acceptors (Lipinski definition) is 14. The Labute approximate surface area is 525 Å². The Bertz CT molecular complexity index is 4200. The number of hydrogen-bond donors (Lipinski definition) is 0. The fourth-order valence-corrected chi connectivity index (χ4v) is 12.2. The molecule has 2 aromatic heterocycles. The summed E-state index contributed by atoms with van der Waals surface area (Å²) in [4.78, 5) is 64.4. The van der Waals surface area contributed by atoms with Crippen molar-refractivity contribution in [3.63, 3.8) is 0 Å². The zero-order valence-electron chi connectivity index (χ0n) is 53.0. The van der Waals surface area contributed by atoms with Crippen LogP contribution in [0.25, 0.3) is 38.8 Å². The van der Waals surface area contributed by atoms with Gasteiger partial charge in [0.15, 0.2) is 0 Å². The van der Waals surface area contributed by atoms with Crippen LogP contribution in [0.1, 0.15) is 122 Å². The number of ketones is 2. The van der Waals surface area contributed by atoms with Crippen LogP contribution < -0.4 is 18.9 Å². The third kappa shape index (κ3) is 13.3. The van der Waals surface area contributed by atoms with Gasteiger partial charge in [0.05, 0.1) is 45.4 Å². The fraction of sp³-hybridized carbons (Fsp3) is 0.324. The molecule has 8 aromatic rings. The topological polar surface area (TPSA) is 177 Å². The molecule has 0 saturated carbocycles. The predicted molar refractivity (Wildman–Crippen MR) is 352 cm³/mol. The maximum absolute atomic E-state index is 14.8. The molecule has 0 radical (unpaired) electrons. The van der Waals surface area contributed by atoms with E-state index in [0.29, 0.717) is 89.4 Å². The molecule has 2 aliphatic rings. The molecule has 0 amide bonds. The predicted octanol–water partition coefficient (Wildman–Crippen LogP) is 14.4. The summed E-state index contributed by atoms with van der Waals surface area (Å²) in [5.74, 6) is 0.410. The molecule has 0 aliphatic heterocycles. The highest BCUT2D eigenvalue weighted by atomic mass is 16.7. The Hall–Kier alpha value is -9.38. The molecule has 0 N–H and O–H groups in total. The minimum absolute atomic E-state index is 0.124. The average Bonchev–Trinajstić information content (AvgIpc) is 1.59. The van der Waals surface area contributed by atoms with Crippen molar-refractivity contribution in [2.24, 2.45) is 27.6 Å². The summed E-state index contributed by atoms with van der Waals surface area (Å²) in [6.07, 6.45) is 11.0. The number of aryl methyl sites for hydroxylation is 3. The van der Waals surface area contributed by atoms with E-state index in [-0.39, 0.29) is 63.0 Å². The van der Waals surface area contributed by atoms with Crippen LogP contribution in [0.4, 0.5) is 0 Å². The van der Waals surface area contributed by atoms with Crippen LogP contribution in [-0.4, -0.2) is 96.9 Å². The summed E-state index contributed by atoms with van der Waals surface area (Å²) in [6.45, 7) is 22.4. The SMILES string of the molecule is CCOc1cccc(OCCOCCOCCOc2cccc(OCC)c2C(=O)c2ccc3c(c2)c2cc(/C(=N/OC(C)=O)C4=CC=CC(C)C4C)ccc2n3CC)c1C(=O)c1ccc2c(c1)c1c(n2CC)C=CC(C)(/C(=N/OC(C)=O)c2ccccc2C)C1. The molecule has 16 nitrogen and oxygen atoms in total. The van der Waals surface area contributed by atoms with Gasteiger partial charge in [0, 0.05) is 93.0 Å². The van der Waals surface area contributed by atoms with Gasteiger partial charge in [-0.3, -0.25) is 9.59 Å². The van der Waals surface area contributed by atoms with Crippen LogP contribution in [-0.2, 0) is 48.2 Å². The summed E-state index contributed by atoms with van der Waals surface area (Å²) in [5.41, 5.74) is 10.8. The minimum Gasteiger partial charge on any atom is -0.493 e. The van der Waals surface area contributed by atoms with E-state index >= 15 is 0 Å². The Morgan fingerprint density at radius 1 is 0.578 bits per heavy atom. The number of nitrogens with zero attached hydrogens (tertiary/aromatic N) is 4. The highest BCUT2D eigenvalue weighted by Gasteiger charge is 2.37. The normalized spacial score (nSPS) is 16.5. The summed E-state index contributed by atoms with van der Waals surface area (Å²) < 4.78 is 41.0. The molecule has 2 heterocycles. The molecule has 2 aliphatic carbocycles. The Kier molecular flexibility index (Phi) is 20.1. The van der Waals surface area contributed by atoms with E-state index in [2.05, 4.69) is 84.4 Å². The highest BCUT2D eigenvalue weighted by molar-refractivity contribution is 6.20. The Morgan fingerprint density at radius 2 is 1.08 bits per heavy atom. The largest absolute Gasteiger partial charge is 0.493 e. The smallest absolute Gasteiger partial charge is 0.332 e. The maximum atomic E-state index is 14.8. The maximum Gasteiger partial charge on any atom is 0.332 e. The summed E-state index contributed by atoms with van der Waals surface area (Å²) >= 11 is 0. The molecule has 3 unspecified atom stereocenters. The van der Waals surface area contributed by atoms with Crippen molar-refractivity contribution in [2.75, 3.05) is 52.9 Å². The molecule has 0 spiro atoms. The van der Waals surface area contributed by atoms with E-state index in [0.717, 1.165) is 66.2 Å². The summed E-state index contributed by atoms with van der Waals surface area (Å²) in [5, 5.41) is 11.6. The first-order valence-electron chi connectivity index (χ1n) is 31.0. The van der Waals surface area contributed by atoms with Crippen LogP contribution in [0.2, 0.25) is 0 Å². The van der Waals surface area contributed by atoms with Gasteiger partial charge >= 0.3 is 11.9 Å². The molecular weight excluding hydrogens is 1140 g/mol. The average molecular weight is 1220 g/mol. The van der Waals surface area contributed by atoms with Crippen LogP contribution in [0.3, 0.4) is 0 Å². The fourth-order valence-electron chi connectivity index (χ4n) is 12.2. The first kappa shape index (κ1) is 63.6. The van der Waals surface area contributed by atoms with Gasteiger partial charge in [-0.2, -0.15) is 0 Å². The van der Waals surface area contributed by atoms with Crippen LogP contribution in [0.5, 0.6) is 23.0 Å². The van der Waals surface area contributed by atoms with E-state index in [4.69, 9.17) is 38.1 Å². The van der Waals surface area contributed by atoms with E-state index in [1.165, 1.54) is 13.8 Å². The molecule has 0 fully saturated rings. The van der Waals surface area contributed by atoms with E-state index in [1.807, 2.05) is 99.7 Å². The number of aromatic nitrogens is 2. The lowest BCUT2D eigenvalue weighted by atomic mass is 9.72. The molecule has 90 heavy (non-hydrogen) atoms. The molecule has 0 saturated heterocycles. The summed E-state index contributed by atoms with van der Waals surface area (Å²) in [6, 6.07) is 36.3. The lowest BCUT2D eigenvalue weighted by Gasteiger charge is -2.31. The van der Waals surface area contributed by atoms with E-state index in [1.54, 1.807) is 36.4 Å². The molecule has 6 aromatic carbocycles. The van der Waals surface area contributed by atoms with E-state index in [9.17, 15) is 19.2 Å². The molecule has 466 valence electrons. The zero-order valence-corrected chi connectivity index (χ0v) is 53.0. The van der Waals surface area contributed by atoms with Gasteiger partial charge in [0.25, 0.3) is 0 Å². The van der Waals surface area contributed by atoms with Crippen molar-refractivity contribution in [2.45, 2.75) is 88.7 Å². The lowest BCUT2D eigenvalue weighted by Crippen LogP contribution is -2.32. The highest BCUT2D eigenvalue weighted by Crippen LogP contribution is 2.43. The number of ether oxygens (including phenoxy) is 6. The minimum atomic E-state index is -0.660. The second-order valence-corrected chi connectivity index (χ2v) is 22.7. The van der Waals surface area contributed by atoms with Crippen molar-refractivity contribution in [1.82, 2.24) is 9.13 Å². The van der Waals surface area contributed by atoms with Gasteiger partial charge in [-0.05, 0) is 155 Å². The molecular formula is C74H78N4O12. The van der Waals surface area contributed by atoms with Crippen molar-refractivity contribution in [1.29, 1.82) is 0 Å². The Balaban J connectivity index is 0.781. The molecule has 0 bridgehead atoms. The molecule has 10 rings (SSSR count). The second kappa shape index (κ2) is 28.4. The third-order valence-corrected chi connectivity index (χ3v) is 16.7. The molecule has 16 heteroatoms. The Morgan fingerprint density at radius 3 is 1.62 bits per heavy atom. The second-order valence-electron chi connectivity index (χ2n) is 22.7. The number of carbonyl (C=O) groups is 4. The van der Waals surface area contributed by atoms with Crippen molar-refractivity contribution in [3.8, 4) is 23.0 Å². The van der Waals surface area contributed by atoms with Gasteiger partial charge in [-0.15, -0.1) is 0 Å². The van der Waals surface area contributed by atoms with E-state index < -0.39 is 17.4 Å². The van der Waals surface area contributed by atoms with Gasteiger partial charge in [0.2, 0.25) is 11.6 Å².